The van der Waals surface area contributed by atoms with Crippen LogP contribution in [-0.2, 0) is 11.2 Å². The smallest absolute Gasteiger partial charge is 0.438 e. The van der Waals surface area contributed by atoms with Crippen LogP contribution in [0.15, 0.2) is 13.8 Å². The number of carbonyl (C=O) groups is 1. The molecule has 2 aliphatic rings. The zero-order chi connectivity index (χ0) is 19.8. The Hall–Kier alpha value is -2.38. The van der Waals surface area contributed by atoms with Gasteiger partial charge < -0.3 is 9.63 Å². The minimum absolute atomic E-state index is 0.0960. The van der Waals surface area contributed by atoms with Crippen LogP contribution < -0.4 is 5.76 Å². The van der Waals surface area contributed by atoms with Gasteiger partial charge in [0.05, 0.1) is 12.1 Å². The maximum absolute atomic E-state index is 11.5. The second-order valence-corrected chi connectivity index (χ2v) is 8.82. The van der Waals surface area contributed by atoms with Crippen molar-refractivity contribution >= 4 is 5.97 Å². The number of nitrogens with one attached hydrogen (secondary N) is 1. The largest absolute Gasteiger partial charge is 0.481 e. The first-order chi connectivity index (χ1) is 13.4. The lowest BCUT2D eigenvalue weighted by atomic mass is 9.69. The van der Waals surface area contributed by atoms with Gasteiger partial charge in [0.1, 0.15) is 5.76 Å². The molecular formula is C20H27N3O5. The van der Waals surface area contributed by atoms with Crippen LogP contribution in [0, 0.1) is 11.8 Å². The third kappa shape index (κ3) is 4.05. The van der Waals surface area contributed by atoms with Crippen molar-refractivity contribution in [3.63, 3.8) is 0 Å². The number of aliphatic carboxylic acids is 1. The van der Waals surface area contributed by atoms with E-state index in [1.807, 2.05) is 0 Å². The molecule has 8 nitrogen and oxygen atoms in total. The highest BCUT2D eigenvalue weighted by molar-refractivity contribution is 5.68. The number of nitrogens with zero attached hydrogens (tertiary/aromatic N) is 2. The fourth-order valence-electron chi connectivity index (χ4n) is 4.56. The van der Waals surface area contributed by atoms with Crippen molar-refractivity contribution in [3.05, 3.63) is 33.4 Å². The number of H-pyrrole nitrogens is 1. The SMILES string of the molecule is CC(C)CC1CC(c2onc([C@H](CC(=O)O)Cc3noc(=O)[nH]3)c2C2CC2)C1. The number of rotatable bonds is 9. The maximum Gasteiger partial charge on any atom is 0.438 e. The third-order valence-electron chi connectivity index (χ3n) is 5.91. The summed E-state index contributed by atoms with van der Waals surface area (Å²) in [5, 5.41) is 17.4. The molecule has 2 heterocycles. The quantitative estimate of drug-likeness (QED) is 0.672. The second-order valence-electron chi connectivity index (χ2n) is 8.82. The van der Waals surface area contributed by atoms with Crippen LogP contribution in [0.4, 0.5) is 0 Å². The van der Waals surface area contributed by atoms with Gasteiger partial charge in [0.25, 0.3) is 0 Å². The minimum atomic E-state index is -0.914. The first-order valence-corrected chi connectivity index (χ1v) is 10.2. The molecule has 2 saturated carbocycles. The summed E-state index contributed by atoms with van der Waals surface area (Å²) < 4.78 is 10.4. The van der Waals surface area contributed by atoms with E-state index in [1.165, 1.54) is 6.42 Å². The molecule has 4 rings (SSSR count). The Labute approximate surface area is 162 Å². The highest BCUT2D eigenvalue weighted by atomic mass is 16.5. The van der Waals surface area contributed by atoms with E-state index in [9.17, 15) is 14.7 Å². The molecule has 152 valence electrons. The second kappa shape index (κ2) is 7.56. The Morgan fingerprint density at radius 2 is 1.96 bits per heavy atom. The van der Waals surface area contributed by atoms with Gasteiger partial charge in [0.15, 0.2) is 5.82 Å². The first-order valence-electron chi connectivity index (χ1n) is 10.2. The molecule has 0 amide bonds. The van der Waals surface area contributed by atoms with E-state index in [0.29, 0.717) is 23.6 Å². The van der Waals surface area contributed by atoms with Gasteiger partial charge in [-0.15, -0.1) is 0 Å². The Morgan fingerprint density at radius 1 is 1.21 bits per heavy atom. The molecule has 0 aromatic carbocycles. The molecule has 2 N–H and O–H groups in total. The normalized spacial score (nSPS) is 23.0. The van der Waals surface area contributed by atoms with E-state index < -0.39 is 17.6 Å². The topological polar surface area (TPSA) is 122 Å². The van der Waals surface area contributed by atoms with E-state index in [1.54, 1.807) is 0 Å². The summed E-state index contributed by atoms with van der Waals surface area (Å²) in [6.45, 7) is 4.50. The Bertz CT molecular complexity index is 886. The highest BCUT2D eigenvalue weighted by Crippen LogP contribution is 2.52. The van der Waals surface area contributed by atoms with Gasteiger partial charge in [-0.1, -0.05) is 24.2 Å². The summed E-state index contributed by atoms with van der Waals surface area (Å²) in [5.74, 6) is 1.57. The summed E-state index contributed by atoms with van der Waals surface area (Å²) in [7, 11) is 0. The number of carboxylic acids is 1. The van der Waals surface area contributed by atoms with Gasteiger partial charge in [0, 0.05) is 23.8 Å². The fraction of sp³-hybridized carbons (Fsp3) is 0.700. The molecule has 2 aromatic rings. The standard InChI is InChI=1S/C20H27N3O5/c1-10(2)5-11-6-14(7-11)19-17(12-3-4-12)18(23-27-19)13(9-16(24)25)8-15-21-20(26)28-22-15/h10-14H,3-9H2,1-2H3,(H,24,25)(H,21,22,26)/t11?,13-,14?/m0/s1. The summed E-state index contributed by atoms with van der Waals surface area (Å²) in [6, 6.07) is 0. The van der Waals surface area contributed by atoms with Gasteiger partial charge in [-0.2, -0.15) is 0 Å². The number of hydrogen-bond acceptors (Lipinski definition) is 6. The van der Waals surface area contributed by atoms with Gasteiger partial charge in [-0.25, -0.2) is 4.79 Å². The van der Waals surface area contributed by atoms with Crippen LogP contribution >= 0.6 is 0 Å². The molecule has 0 spiro atoms. The molecule has 0 bridgehead atoms. The molecule has 0 unspecified atom stereocenters. The van der Waals surface area contributed by atoms with Gasteiger partial charge >= 0.3 is 11.7 Å². The Kier molecular flexibility index (Phi) is 5.12. The zero-order valence-electron chi connectivity index (χ0n) is 16.3. The van der Waals surface area contributed by atoms with E-state index >= 15 is 0 Å². The van der Waals surface area contributed by atoms with Crippen molar-refractivity contribution in [3.8, 4) is 0 Å². The van der Waals surface area contributed by atoms with Crippen LogP contribution in [0.1, 0.15) is 93.0 Å². The van der Waals surface area contributed by atoms with Gasteiger partial charge in [-0.3, -0.25) is 14.3 Å². The van der Waals surface area contributed by atoms with Crippen molar-refractivity contribution in [2.24, 2.45) is 11.8 Å². The molecule has 0 radical (unpaired) electrons. The van der Waals surface area contributed by atoms with Crippen molar-refractivity contribution in [1.82, 2.24) is 15.3 Å². The molecule has 0 aliphatic heterocycles. The van der Waals surface area contributed by atoms with Crippen LogP contribution in [-0.4, -0.2) is 26.4 Å². The minimum Gasteiger partial charge on any atom is -0.481 e. The number of carboxylic acid groups (broad SMARTS) is 1. The third-order valence-corrected chi connectivity index (χ3v) is 5.91. The highest BCUT2D eigenvalue weighted by Gasteiger charge is 2.41. The summed E-state index contributed by atoms with van der Waals surface area (Å²) >= 11 is 0. The number of hydrogen-bond donors (Lipinski definition) is 2. The van der Waals surface area contributed by atoms with E-state index in [0.717, 1.165) is 48.6 Å². The van der Waals surface area contributed by atoms with E-state index in [2.05, 4.69) is 33.7 Å². The summed E-state index contributed by atoms with van der Waals surface area (Å²) in [4.78, 5) is 25.2. The molecule has 0 saturated heterocycles. The predicted molar refractivity (Wildman–Crippen MR) is 99.2 cm³/mol. The van der Waals surface area contributed by atoms with Crippen LogP contribution in [0.25, 0.3) is 0 Å². The maximum atomic E-state index is 11.5. The summed E-state index contributed by atoms with van der Waals surface area (Å²) in [5.41, 5.74) is 1.83. The lowest BCUT2D eigenvalue weighted by Crippen LogP contribution is -2.23. The van der Waals surface area contributed by atoms with Crippen molar-refractivity contribution in [2.45, 2.75) is 76.5 Å². The van der Waals surface area contributed by atoms with Crippen LogP contribution in [0.5, 0.6) is 0 Å². The number of aromatic nitrogens is 3. The van der Waals surface area contributed by atoms with Crippen molar-refractivity contribution in [2.75, 3.05) is 0 Å². The molecular weight excluding hydrogens is 362 g/mol. The van der Waals surface area contributed by atoms with E-state index in [-0.39, 0.29) is 12.8 Å². The van der Waals surface area contributed by atoms with Gasteiger partial charge in [-0.05, 0) is 49.9 Å². The average molecular weight is 389 g/mol. The van der Waals surface area contributed by atoms with E-state index in [4.69, 9.17) is 4.52 Å². The summed E-state index contributed by atoms with van der Waals surface area (Å²) in [6.07, 6.45) is 5.80. The van der Waals surface area contributed by atoms with Crippen molar-refractivity contribution in [1.29, 1.82) is 0 Å². The first kappa shape index (κ1) is 19.0. The Morgan fingerprint density at radius 3 is 2.54 bits per heavy atom. The molecule has 2 aromatic heterocycles. The molecule has 2 fully saturated rings. The van der Waals surface area contributed by atoms with Crippen LogP contribution in [0.3, 0.4) is 0 Å². The lowest BCUT2D eigenvalue weighted by molar-refractivity contribution is -0.137. The number of aromatic amines is 1. The van der Waals surface area contributed by atoms with Gasteiger partial charge in [0.2, 0.25) is 0 Å². The lowest BCUT2D eigenvalue weighted by Gasteiger charge is -2.35. The molecule has 2 aliphatic carbocycles. The molecule has 1 atom stereocenters. The monoisotopic (exact) mass is 389 g/mol. The van der Waals surface area contributed by atoms with Crippen molar-refractivity contribution < 1.29 is 18.9 Å². The molecule has 28 heavy (non-hydrogen) atoms. The zero-order valence-corrected chi connectivity index (χ0v) is 16.3. The Balaban J connectivity index is 1.57. The fourth-order valence-corrected chi connectivity index (χ4v) is 4.56. The predicted octanol–water partition coefficient (Wildman–Crippen LogP) is 3.57. The molecule has 8 heteroatoms. The average Bonchev–Trinajstić information content (AvgIpc) is 3.19. The van der Waals surface area contributed by atoms with Crippen LogP contribution in [0.2, 0.25) is 0 Å².